The highest BCUT2D eigenvalue weighted by molar-refractivity contribution is 5.91. The minimum atomic E-state index is -0.972. The number of ether oxygens (including phenoxy) is 1. The number of carboxylic acids is 1. The number of nitrogens with one attached hydrogen (secondary N) is 1. The molecular formula is C28H26N2O5. The van der Waals surface area contributed by atoms with Crippen LogP contribution in [-0.2, 0) is 27.3 Å². The van der Waals surface area contributed by atoms with Crippen molar-refractivity contribution in [3.63, 3.8) is 0 Å². The summed E-state index contributed by atoms with van der Waals surface area (Å²) in [6.07, 6.45) is 2.60. The number of hydrogen-bond acceptors (Lipinski definition) is 4. The minimum Gasteiger partial charge on any atom is -0.481 e. The van der Waals surface area contributed by atoms with E-state index >= 15 is 0 Å². The molecule has 0 fully saturated rings. The van der Waals surface area contributed by atoms with Crippen LogP contribution in [-0.4, -0.2) is 40.2 Å². The number of aliphatic carboxylic acids is 1. The van der Waals surface area contributed by atoms with Gasteiger partial charge in [-0.2, -0.15) is 0 Å². The fourth-order valence-electron chi connectivity index (χ4n) is 6.11. The average molecular weight is 471 g/mol. The summed E-state index contributed by atoms with van der Waals surface area (Å²) in [5, 5.41) is 12.5. The Morgan fingerprint density at radius 2 is 1.71 bits per heavy atom. The Hall–Kier alpha value is -3.87. The van der Waals surface area contributed by atoms with Gasteiger partial charge in [0.1, 0.15) is 12.4 Å². The van der Waals surface area contributed by atoms with Crippen molar-refractivity contribution in [2.75, 3.05) is 6.61 Å². The lowest BCUT2D eigenvalue weighted by atomic mass is 9.79. The van der Waals surface area contributed by atoms with E-state index in [9.17, 15) is 19.5 Å². The second kappa shape index (κ2) is 8.41. The Kier molecular flexibility index (Phi) is 5.20. The first-order chi connectivity index (χ1) is 17.0. The Balaban J connectivity index is 1.19. The molecule has 7 heteroatoms. The molecule has 2 aromatic carbocycles. The summed E-state index contributed by atoms with van der Waals surface area (Å²) in [4.78, 5) is 37.8. The first-order valence-corrected chi connectivity index (χ1v) is 12.1. The van der Waals surface area contributed by atoms with Crippen LogP contribution in [0.2, 0.25) is 0 Å². The quantitative estimate of drug-likeness (QED) is 0.598. The van der Waals surface area contributed by atoms with Gasteiger partial charge < -0.3 is 19.7 Å². The topological polar surface area (TPSA) is 97.6 Å². The van der Waals surface area contributed by atoms with Crippen molar-refractivity contribution in [1.29, 1.82) is 0 Å². The fraction of sp³-hybridized carbons (Fsp3) is 0.321. The van der Waals surface area contributed by atoms with Gasteiger partial charge in [-0.05, 0) is 46.7 Å². The molecule has 1 amide bonds. The predicted molar refractivity (Wildman–Crippen MR) is 128 cm³/mol. The van der Waals surface area contributed by atoms with Gasteiger partial charge in [0.05, 0.1) is 11.8 Å². The number of carbonyl (C=O) groups is 3. The predicted octanol–water partition coefficient (Wildman–Crippen LogP) is 4.10. The largest absolute Gasteiger partial charge is 0.481 e. The van der Waals surface area contributed by atoms with Crippen LogP contribution < -0.4 is 5.32 Å². The SMILES string of the molecule is O=C(N[C@H]1CCc2ccn3c2C1C(=O)C[C@H](C(=O)O)C3)OCC1c2ccccc2-c2ccccc21. The number of carbonyl (C=O) groups excluding carboxylic acids is 2. The number of rotatable bonds is 4. The van der Waals surface area contributed by atoms with E-state index in [-0.39, 0.29) is 31.3 Å². The van der Waals surface area contributed by atoms with Gasteiger partial charge in [0, 0.05) is 36.8 Å². The van der Waals surface area contributed by atoms with Gasteiger partial charge in [-0.3, -0.25) is 9.59 Å². The van der Waals surface area contributed by atoms with Crippen LogP contribution in [0.5, 0.6) is 0 Å². The van der Waals surface area contributed by atoms with E-state index < -0.39 is 29.9 Å². The van der Waals surface area contributed by atoms with Crippen molar-refractivity contribution in [1.82, 2.24) is 9.88 Å². The molecule has 0 bridgehead atoms. The highest BCUT2D eigenvalue weighted by Crippen LogP contribution is 2.44. The summed E-state index contributed by atoms with van der Waals surface area (Å²) >= 11 is 0. The summed E-state index contributed by atoms with van der Waals surface area (Å²) in [5.41, 5.74) is 6.50. The lowest BCUT2D eigenvalue weighted by Gasteiger charge is -2.31. The molecule has 3 aliphatic rings. The number of alkyl carbamates (subject to hydrolysis) is 1. The van der Waals surface area contributed by atoms with Gasteiger partial charge in [-0.15, -0.1) is 0 Å². The van der Waals surface area contributed by atoms with Crippen LogP contribution in [0.3, 0.4) is 0 Å². The number of fused-ring (bicyclic) bond motifs is 3. The van der Waals surface area contributed by atoms with Crippen LogP contribution in [0.1, 0.15) is 47.1 Å². The van der Waals surface area contributed by atoms with Crippen molar-refractivity contribution >= 4 is 17.8 Å². The Morgan fingerprint density at radius 1 is 1.03 bits per heavy atom. The molecule has 2 heterocycles. The number of amides is 1. The zero-order valence-electron chi connectivity index (χ0n) is 19.1. The summed E-state index contributed by atoms with van der Waals surface area (Å²) in [7, 11) is 0. The lowest BCUT2D eigenvalue weighted by molar-refractivity contribution is -0.144. The van der Waals surface area contributed by atoms with Crippen LogP contribution in [0, 0.1) is 5.92 Å². The number of Topliss-reactive ketones (excluding diaryl/α,β-unsaturated/α-hetero) is 1. The average Bonchev–Trinajstić information content (AvgIpc) is 3.36. The summed E-state index contributed by atoms with van der Waals surface area (Å²) in [5.74, 6) is -2.47. The van der Waals surface area contributed by atoms with E-state index in [1.54, 1.807) is 0 Å². The second-order valence-corrected chi connectivity index (χ2v) is 9.68. The minimum absolute atomic E-state index is 0.0377. The van der Waals surface area contributed by atoms with Gasteiger partial charge in [0.25, 0.3) is 0 Å². The lowest BCUT2D eigenvalue weighted by Crippen LogP contribution is -2.45. The Bertz CT molecular complexity index is 1300. The molecule has 1 unspecified atom stereocenters. The number of aromatic nitrogens is 1. The molecule has 6 rings (SSSR count). The van der Waals surface area contributed by atoms with E-state index in [0.717, 1.165) is 39.9 Å². The molecular weight excluding hydrogens is 444 g/mol. The van der Waals surface area contributed by atoms with Gasteiger partial charge in [0.15, 0.2) is 0 Å². The highest BCUT2D eigenvalue weighted by atomic mass is 16.5. The normalized spacial score (nSPS) is 22.5. The molecule has 1 aromatic heterocycles. The van der Waals surface area contributed by atoms with Crippen molar-refractivity contribution in [3.05, 3.63) is 83.2 Å². The van der Waals surface area contributed by atoms with Crippen molar-refractivity contribution < 1.29 is 24.2 Å². The van der Waals surface area contributed by atoms with E-state index in [1.165, 1.54) is 0 Å². The van der Waals surface area contributed by atoms with Crippen molar-refractivity contribution in [3.8, 4) is 11.1 Å². The second-order valence-electron chi connectivity index (χ2n) is 9.68. The smallest absolute Gasteiger partial charge is 0.407 e. The maximum absolute atomic E-state index is 13.2. The van der Waals surface area contributed by atoms with Crippen LogP contribution in [0.4, 0.5) is 4.79 Å². The third-order valence-electron chi connectivity index (χ3n) is 7.72. The Labute approximate surface area is 202 Å². The number of aryl methyl sites for hydroxylation is 1. The zero-order chi connectivity index (χ0) is 24.1. The zero-order valence-corrected chi connectivity index (χ0v) is 19.1. The van der Waals surface area contributed by atoms with Crippen LogP contribution in [0.25, 0.3) is 11.1 Å². The molecule has 0 spiro atoms. The molecule has 0 saturated heterocycles. The van der Waals surface area contributed by atoms with E-state index in [2.05, 4.69) is 29.6 Å². The molecule has 3 aromatic rings. The molecule has 0 radical (unpaired) electrons. The number of nitrogens with zero attached hydrogens (tertiary/aromatic N) is 1. The first-order valence-electron chi connectivity index (χ1n) is 12.1. The summed E-state index contributed by atoms with van der Waals surface area (Å²) < 4.78 is 7.60. The summed E-state index contributed by atoms with van der Waals surface area (Å²) in [6, 6.07) is 17.9. The molecule has 7 nitrogen and oxygen atoms in total. The summed E-state index contributed by atoms with van der Waals surface area (Å²) in [6.45, 7) is 0.471. The number of benzene rings is 2. The maximum atomic E-state index is 13.2. The number of ketones is 1. The maximum Gasteiger partial charge on any atom is 0.407 e. The molecule has 35 heavy (non-hydrogen) atoms. The molecule has 2 aliphatic carbocycles. The van der Waals surface area contributed by atoms with Gasteiger partial charge in [0.2, 0.25) is 0 Å². The number of hydrogen-bond donors (Lipinski definition) is 2. The Morgan fingerprint density at radius 3 is 2.40 bits per heavy atom. The fourth-order valence-corrected chi connectivity index (χ4v) is 6.11. The molecule has 1 aliphatic heterocycles. The van der Waals surface area contributed by atoms with Crippen molar-refractivity contribution in [2.45, 2.75) is 43.7 Å². The standard InChI is InChI=1S/C28H26N2O5/c31-24-13-17(27(32)33)14-30-12-11-16-9-10-23(25(24)26(16)30)29-28(34)35-15-22-20-7-3-1-5-18(20)19-6-2-4-8-21(19)22/h1-8,11-12,17,22-23,25H,9-10,13-15H2,(H,29,34)(H,32,33)/t17-,23-,25?/m0/s1. The number of carboxylic acid groups (broad SMARTS) is 1. The van der Waals surface area contributed by atoms with Gasteiger partial charge in [-0.25, -0.2) is 4.79 Å². The van der Waals surface area contributed by atoms with E-state index in [1.807, 2.05) is 41.1 Å². The molecule has 178 valence electrons. The van der Waals surface area contributed by atoms with E-state index in [4.69, 9.17) is 4.74 Å². The molecule has 3 atom stereocenters. The first kappa shape index (κ1) is 21.6. The molecule has 0 saturated carbocycles. The van der Waals surface area contributed by atoms with Crippen molar-refractivity contribution in [2.24, 2.45) is 5.92 Å². The molecule has 2 N–H and O–H groups in total. The van der Waals surface area contributed by atoms with Gasteiger partial charge in [-0.1, -0.05) is 48.5 Å². The third-order valence-corrected chi connectivity index (χ3v) is 7.72. The van der Waals surface area contributed by atoms with Crippen LogP contribution >= 0.6 is 0 Å². The van der Waals surface area contributed by atoms with E-state index in [0.29, 0.717) is 6.42 Å². The van der Waals surface area contributed by atoms with Crippen LogP contribution in [0.15, 0.2) is 60.8 Å². The third kappa shape index (κ3) is 3.62. The highest BCUT2D eigenvalue weighted by Gasteiger charge is 2.42. The monoisotopic (exact) mass is 470 g/mol. The van der Waals surface area contributed by atoms with Gasteiger partial charge >= 0.3 is 12.1 Å².